The van der Waals surface area contributed by atoms with E-state index in [2.05, 4.69) is 35.3 Å². The van der Waals surface area contributed by atoms with E-state index in [4.69, 9.17) is 0 Å². The van der Waals surface area contributed by atoms with E-state index in [0.717, 1.165) is 31.8 Å². The lowest BCUT2D eigenvalue weighted by molar-refractivity contribution is 0.148. The topological polar surface area (TPSA) is 55.8 Å². The molecule has 25 heavy (non-hydrogen) atoms. The summed E-state index contributed by atoms with van der Waals surface area (Å²) in [6.07, 6.45) is 5.59. The molecule has 1 aromatic carbocycles. The van der Waals surface area contributed by atoms with Crippen molar-refractivity contribution in [2.45, 2.75) is 63.2 Å². The second kappa shape index (κ2) is 6.96. The predicted octanol–water partition coefficient (Wildman–Crippen LogP) is 2.30. The van der Waals surface area contributed by atoms with Crippen LogP contribution in [0.25, 0.3) is 0 Å². The first-order chi connectivity index (χ1) is 12.2. The van der Waals surface area contributed by atoms with E-state index < -0.39 is 0 Å². The molecule has 1 aliphatic heterocycles. The third-order valence-corrected chi connectivity index (χ3v) is 6.05. The molecule has 2 amide bonds. The molecule has 1 saturated heterocycles. The second-order valence-corrected chi connectivity index (χ2v) is 7.83. The number of carbonyl (C=O) groups excluding carboxylic acids is 1. The number of benzene rings is 1. The molecule has 2 fully saturated rings. The third-order valence-electron chi connectivity index (χ3n) is 6.05. The van der Waals surface area contributed by atoms with E-state index >= 15 is 0 Å². The van der Waals surface area contributed by atoms with Crippen LogP contribution < -0.4 is 5.32 Å². The van der Waals surface area contributed by atoms with Crippen molar-refractivity contribution in [1.29, 1.82) is 0 Å². The maximum Gasteiger partial charge on any atom is 0.318 e. The van der Waals surface area contributed by atoms with Crippen molar-refractivity contribution in [2.75, 3.05) is 19.7 Å². The van der Waals surface area contributed by atoms with Gasteiger partial charge in [0, 0.05) is 31.2 Å². The van der Waals surface area contributed by atoms with Crippen LogP contribution in [0.4, 0.5) is 4.79 Å². The van der Waals surface area contributed by atoms with Crippen molar-refractivity contribution in [3.05, 3.63) is 35.4 Å². The predicted molar refractivity (Wildman–Crippen MR) is 97.4 cm³/mol. The molecule has 1 heterocycles. The zero-order chi connectivity index (χ0) is 17.4. The van der Waals surface area contributed by atoms with Gasteiger partial charge < -0.3 is 15.3 Å². The fraction of sp³-hybridized carbons (Fsp3) is 0.650. The molecule has 136 valence electrons. The number of aryl methyl sites for hydroxylation is 1. The number of fused-ring (bicyclic) bond motifs is 1. The number of aliphatic hydroxyl groups excluding tert-OH is 1. The summed E-state index contributed by atoms with van der Waals surface area (Å²) in [5, 5.41) is 12.7. The van der Waals surface area contributed by atoms with Crippen LogP contribution >= 0.6 is 0 Å². The van der Waals surface area contributed by atoms with Gasteiger partial charge in [-0.25, -0.2) is 4.79 Å². The number of likely N-dealkylation sites (tertiary alicyclic amines) is 1. The van der Waals surface area contributed by atoms with Crippen LogP contribution in [0.3, 0.4) is 0 Å². The zero-order valence-electron chi connectivity index (χ0n) is 15.0. The van der Waals surface area contributed by atoms with Crippen molar-refractivity contribution in [3.63, 3.8) is 0 Å². The van der Waals surface area contributed by atoms with Gasteiger partial charge >= 0.3 is 6.03 Å². The quantitative estimate of drug-likeness (QED) is 0.863. The summed E-state index contributed by atoms with van der Waals surface area (Å²) in [5.74, 6) is 0. The summed E-state index contributed by atoms with van der Waals surface area (Å²) in [6.45, 7) is 3.62. The summed E-state index contributed by atoms with van der Waals surface area (Å²) in [4.78, 5) is 17.4. The SMILES string of the molecule is CC1CC(NC(=O)N(CCO)C2CCc3ccccc32)CN1C1CC1. The van der Waals surface area contributed by atoms with Gasteiger partial charge in [0.05, 0.1) is 12.6 Å². The fourth-order valence-electron chi connectivity index (χ4n) is 4.70. The van der Waals surface area contributed by atoms with E-state index in [0.29, 0.717) is 12.6 Å². The van der Waals surface area contributed by atoms with E-state index in [9.17, 15) is 9.90 Å². The molecule has 0 radical (unpaired) electrons. The third kappa shape index (κ3) is 3.40. The van der Waals surface area contributed by atoms with Crippen molar-refractivity contribution in [1.82, 2.24) is 15.1 Å². The van der Waals surface area contributed by atoms with Crippen LogP contribution in [0, 0.1) is 0 Å². The lowest BCUT2D eigenvalue weighted by atomic mass is 10.1. The molecule has 1 saturated carbocycles. The molecule has 3 aliphatic rings. The molecule has 5 heteroatoms. The standard InChI is InChI=1S/C20H29N3O2/c1-14-12-16(13-23(14)17-7-8-17)21-20(25)22(10-11-24)19-9-6-15-4-2-3-5-18(15)19/h2-5,14,16-17,19,24H,6-13H2,1H3,(H,21,25). The fourth-order valence-corrected chi connectivity index (χ4v) is 4.70. The Labute approximate surface area is 150 Å². The maximum atomic E-state index is 13.0. The summed E-state index contributed by atoms with van der Waals surface area (Å²) in [7, 11) is 0. The molecular weight excluding hydrogens is 314 g/mol. The number of rotatable bonds is 5. The first-order valence-electron chi connectivity index (χ1n) is 9.69. The molecule has 0 spiro atoms. The lowest BCUT2D eigenvalue weighted by Gasteiger charge is -2.30. The highest BCUT2D eigenvalue weighted by atomic mass is 16.3. The molecule has 4 rings (SSSR count). The Kier molecular flexibility index (Phi) is 4.69. The molecule has 2 N–H and O–H groups in total. The van der Waals surface area contributed by atoms with E-state index in [1.54, 1.807) is 0 Å². The number of hydrogen-bond donors (Lipinski definition) is 2. The summed E-state index contributed by atoms with van der Waals surface area (Å²) in [5.41, 5.74) is 2.57. The highest BCUT2D eigenvalue weighted by molar-refractivity contribution is 5.75. The van der Waals surface area contributed by atoms with E-state index in [1.165, 1.54) is 24.0 Å². The molecule has 2 aliphatic carbocycles. The second-order valence-electron chi connectivity index (χ2n) is 7.83. The summed E-state index contributed by atoms with van der Waals surface area (Å²) in [6, 6.07) is 9.95. The minimum Gasteiger partial charge on any atom is -0.395 e. The van der Waals surface area contributed by atoms with Crippen LogP contribution in [-0.4, -0.2) is 58.8 Å². The number of nitrogens with zero attached hydrogens (tertiary/aromatic N) is 2. The lowest BCUT2D eigenvalue weighted by Crippen LogP contribution is -2.47. The molecule has 1 aromatic rings. The molecular formula is C20H29N3O2. The van der Waals surface area contributed by atoms with Gasteiger partial charge in [0.1, 0.15) is 0 Å². The average molecular weight is 343 g/mol. The number of hydrogen-bond acceptors (Lipinski definition) is 3. The summed E-state index contributed by atoms with van der Waals surface area (Å²) >= 11 is 0. The highest BCUT2D eigenvalue weighted by Crippen LogP contribution is 2.36. The largest absolute Gasteiger partial charge is 0.395 e. The average Bonchev–Trinajstić information content (AvgIpc) is 3.26. The van der Waals surface area contributed by atoms with Gasteiger partial charge in [-0.15, -0.1) is 0 Å². The highest BCUT2D eigenvalue weighted by Gasteiger charge is 2.40. The van der Waals surface area contributed by atoms with Gasteiger partial charge in [-0.05, 0) is 50.2 Å². The van der Waals surface area contributed by atoms with E-state index in [1.807, 2.05) is 11.0 Å². The van der Waals surface area contributed by atoms with Crippen LogP contribution in [0.15, 0.2) is 24.3 Å². The first kappa shape index (κ1) is 16.9. The van der Waals surface area contributed by atoms with Crippen LogP contribution in [0.1, 0.15) is 49.8 Å². The number of nitrogens with one attached hydrogen (secondary N) is 1. The van der Waals surface area contributed by atoms with Crippen molar-refractivity contribution < 1.29 is 9.90 Å². The normalized spacial score (nSPS) is 28.8. The van der Waals surface area contributed by atoms with Crippen molar-refractivity contribution >= 4 is 6.03 Å². The molecule has 3 unspecified atom stereocenters. The van der Waals surface area contributed by atoms with E-state index in [-0.39, 0.29) is 24.7 Å². The number of urea groups is 1. The van der Waals surface area contributed by atoms with Gasteiger partial charge in [-0.1, -0.05) is 24.3 Å². The van der Waals surface area contributed by atoms with Gasteiger partial charge in [0.2, 0.25) is 0 Å². The Balaban J connectivity index is 1.43. The minimum absolute atomic E-state index is 0.00134. The van der Waals surface area contributed by atoms with Crippen LogP contribution in [0.2, 0.25) is 0 Å². The van der Waals surface area contributed by atoms with Crippen molar-refractivity contribution in [2.24, 2.45) is 0 Å². The van der Waals surface area contributed by atoms with Gasteiger partial charge in [0.15, 0.2) is 0 Å². The number of carbonyl (C=O) groups is 1. The Morgan fingerprint density at radius 3 is 2.88 bits per heavy atom. The van der Waals surface area contributed by atoms with Crippen LogP contribution in [-0.2, 0) is 6.42 Å². The molecule has 5 nitrogen and oxygen atoms in total. The Hall–Kier alpha value is -1.59. The molecule has 0 bridgehead atoms. The van der Waals surface area contributed by atoms with Crippen molar-refractivity contribution in [3.8, 4) is 0 Å². The Bertz CT molecular complexity index is 631. The minimum atomic E-state index is -0.0226. The smallest absolute Gasteiger partial charge is 0.318 e. The molecule has 3 atom stereocenters. The van der Waals surface area contributed by atoms with Gasteiger partial charge in [0.25, 0.3) is 0 Å². The molecule has 0 aromatic heterocycles. The monoisotopic (exact) mass is 343 g/mol. The number of aliphatic hydroxyl groups is 1. The van der Waals surface area contributed by atoms with Gasteiger partial charge in [-0.3, -0.25) is 4.90 Å². The Morgan fingerprint density at radius 1 is 1.32 bits per heavy atom. The first-order valence-corrected chi connectivity index (χ1v) is 9.69. The zero-order valence-corrected chi connectivity index (χ0v) is 15.0. The maximum absolute atomic E-state index is 13.0. The van der Waals surface area contributed by atoms with Crippen LogP contribution in [0.5, 0.6) is 0 Å². The van der Waals surface area contributed by atoms with Gasteiger partial charge in [-0.2, -0.15) is 0 Å². The summed E-state index contributed by atoms with van der Waals surface area (Å²) < 4.78 is 0. The number of amides is 2. The Morgan fingerprint density at radius 2 is 2.12 bits per heavy atom.